The van der Waals surface area contributed by atoms with E-state index in [-0.39, 0.29) is 6.42 Å². The van der Waals surface area contributed by atoms with E-state index in [9.17, 15) is 9.90 Å². The Morgan fingerprint density at radius 2 is 1.64 bits per heavy atom. The summed E-state index contributed by atoms with van der Waals surface area (Å²) >= 11 is 0. The minimum atomic E-state index is -0.925. The van der Waals surface area contributed by atoms with Gasteiger partial charge >= 0.3 is 5.97 Å². The minimum absolute atomic E-state index is 0.138. The van der Waals surface area contributed by atoms with Gasteiger partial charge in [0.05, 0.1) is 27.8 Å². The van der Waals surface area contributed by atoms with Crippen LogP contribution in [0.25, 0.3) is 11.1 Å². The van der Waals surface area contributed by atoms with Gasteiger partial charge in [-0.25, -0.2) is 0 Å². The second-order valence-electron chi connectivity index (χ2n) is 4.62. The molecule has 5 heteroatoms. The van der Waals surface area contributed by atoms with E-state index < -0.39 is 5.97 Å². The number of benzene rings is 2. The molecule has 0 fully saturated rings. The highest BCUT2D eigenvalue weighted by Gasteiger charge is 2.22. The maximum absolute atomic E-state index is 11.2. The molecule has 0 aliphatic heterocycles. The average Bonchev–Trinajstić information content (AvgIpc) is 2.53. The van der Waals surface area contributed by atoms with Crippen molar-refractivity contribution in [1.82, 2.24) is 0 Å². The van der Waals surface area contributed by atoms with Crippen molar-refractivity contribution >= 4 is 5.97 Å². The topological polar surface area (TPSA) is 65.0 Å². The van der Waals surface area contributed by atoms with Crippen molar-refractivity contribution in [1.29, 1.82) is 0 Å². The average molecular weight is 302 g/mol. The van der Waals surface area contributed by atoms with E-state index in [1.165, 1.54) is 21.3 Å². The molecule has 0 bridgehead atoms. The maximum Gasteiger partial charge on any atom is 0.307 e. The van der Waals surface area contributed by atoms with Crippen LogP contribution in [-0.2, 0) is 11.2 Å². The van der Waals surface area contributed by atoms with Crippen molar-refractivity contribution in [2.75, 3.05) is 21.3 Å². The Balaban J connectivity index is 2.78. The van der Waals surface area contributed by atoms with E-state index in [4.69, 9.17) is 14.2 Å². The van der Waals surface area contributed by atoms with Gasteiger partial charge in [0.1, 0.15) is 0 Å². The van der Waals surface area contributed by atoms with E-state index in [2.05, 4.69) is 0 Å². The molecule has 0 saturated heterocycles. The lowest BCUT2D eigenvalue weighted by molar-refractivity contribution is -0.136. The van der Waals surface area contributed by atoms with Gasteiger partial charge in [-0.1, -0.05) is 30.3 Å². The van der Waals surface area contributed by atoms with Crippen LogP contribution in [0.15, 0.2) is 36.4 Å². The molecule has 0 aliphatic carbocycles. The van der Waals surface area contributed by atoms with Crippen LogP contribution in [0.3, 0.4) is 0 Å². The normalized spacial score (nSPS) is 10.1. The van der Waals surface area contributed by atoms with Crippen molar-refractivity contribution in [2.45, 2.75) is 6.42 Å². The lowest BCUT2D eigenvalue weighted by Crippen LogP contribution is -2.05. The zero-order valence-corrected chi connectivity index (χ0v) is 12.8. The summed E-state index contributed by atoms with van der Waals surface area (Å²) < 4.78 is 16.2. The van der Waals surface area contributed by atoms with Crippen LogP contribution in [-0.4, -0.2) is 32.4 Å². The van der Waals surface area contributed by atoms with Crippen molar-refractivity contribution < 1.29 is 24.1 Å². The highest BCUT2D eigenvalue weighted by atomic mass is 16.5. The van der Waals surface area contributed by atoms with Crippen molar-refractivity contribution in [2.24, 2.45) is 0 Å². The second kappa shape index (κ2) is 6.85. The maximum atomic E-state index is 11.2. The Hall–Kier alpha value is -2.69. The number of methoxy groups -OCH3 is 3. The summed E-state index contributed by atoms with van der Waals surface area (Å²) in [6.07, 6.45) is -0.138. The number of carboxylic acid groups (broad SMARTS) is 1. The standard InChI is InChI=1S/C17H18O5/c1-20-13-9-12(10-14(18)19)15(11-7-5-4-6-8-11)17(22-3)16(13)21-2/h4-9H,10H2,1-3H3,(H,18,19). The third kappa shape index (κ3) is 2.98. The molecule has 0 aliphatic rings. The second-order valence-corrected chi connectivity index (χ2v) is 4.62. The lowest BCUT2D eigenvalue weighted by Gasteiger charge is -2.19. The summed E-state index contributed by atoms with van der Waals surface area (Å²) in [6.45, 7) is 0. The van der Waals surface area contributed by atoms with Gasteiger partial charge in [0.15, 0.2) is 11.5 Å². The zero-order chi connectivity index (χ0) is 16.1. The van der Waals surface area contributed by atoms with Crippen molar-refractivity contribution in [3.63, 3.8) is 0 Å². The summed E-state index contributed by atoms with van der Waals surface area (Å²) in [4.78, 5) is 11.2. The molecule has 2 rings (SSSR count). The van der Waals surface area contributed by atoms with Gasteiger partial charge < -0.3 is 19.3 Å². The van der Waals surface area contributed by atoms with Gasteiger partial charge in [-0.2, -0.15) is 0 Å². The molecule has 2 aromatic carbocycles. The molecule has 0 heterocycles. The number of carbonyl (C=O) groups is 1. The highest BCUT2D eigenvalue weighted by molar-refractivity contribution is 5.83. The first-order chi connectivity index (χ1) is 10.6. The summed E-state index contributed by atoms with van der Waals surface area (Å²) in [5.74, 6) is 0.420. The van der Waals surface area contributed by atoms with Gasteiger partial charge in [0.2, 0.25) is 5.75 Å². The van der Waals surface area contributed by atoms with Crippen molar-refractivity contribution in [3.05, 3.63) is 42.0 Å². The molecule has 5 nitrogen and oxygen atoms in total. The van der Waals surface area contributed by atoms with Crippen LogP contribution in [0, 0.1) is 0 Å². The first kappa shape index (κ1) is 15.7. The predicted octanol–water partition coefficient (Wildman–Crippen LogP) is 3.01. The van der Waals surface area contributed by atoms with E-state index in [1.54, 1.807) is 6.07 Å². The smallest absolute Gasteiger partial charge is 0.307 e. The number of ether oxygens (including phenoxy) is 3. The Morgan fingerprint density at radius 3 is 2.14 bits per heavy atom. The fraction of sp³-hybridized carbons (Fsp3) is 0.235. The molecule has 0 amide bonds. The Morgan fingerprint density at radius 1 is 1.00 bits per heavy atom. The number of hydrogen-bond donors (Lipinski definition) is 1. The number of aliphatic carboxylic acids is 1. The Bertz CT molecular complexity index is 664. The molecule has 1 N–H and O–H groups in total. The molecule has 0 atom stereocenters. The Kier molecular flexibility index (Phi) is 4.88. The molecule has 22 heavy (non-hydrogen) atoms. The summed E-state index contributed by atoms with van der Waals surface area (Å²) in [6, 6.07) is 11.1. The molecule has 0 saturated carbocycles. The largest absolute Gasteiger partial charge is 0.493 e. The van der Waals surface area contributed by atoms with Crippen LogP contribution in [0.5, 0.6) is 17.2 Å². The SMILES string of the molecule is COc1cc(CC(=O)O)c(-c2ccccc2)c(OC)c1OC. The fourth-order valence-electron chi connectivity index (χ4n) is 2.43. The van der Waals surface area contributed by atoms with Gasteiger partial charge in [-0.3, -0.25) is 4.79 Å². The van der Waals surface area contributed by atoms with E-state index in [0.717, 1.165) is 5.56 Å². The van der Waals surface area contributed by atoms with Crippen LogP contribution in [0.1, 0.15) is 5.56 Å². The van der Waals surface area contributed by atoms with Crippen LogP contribution < -0.4 is 14.2 Å². The molecular weight excluding hydrogens is 284 g/mol. The van der Waals surface area contributed by atoms with Gasteiger partial charge in [0, 0.05) is 5.56 Å². The zero-order valence-electron chi connectivity index (χ0n) is 12.8. The molecule has 0 aromatic heterocycles. The third-order valence-corrected chi connectivity index (χ3v) is 3.32. The monoisotopic (exact) mass is 302 g/mol. The summed E-state index contributed by atoms with van der Waals surface area (Å²) in [5.41, 5.74) is 2.16. The number of carboxylic acids is 1. The molecular formula is C17H18O5. The van der Waals surface area contributed by atoms with E-state index >= 15 is 0 Å². The van der Waals surface area contributed by atoms with Crippen LogP contribution in [0.4, 0.5) is 0 Å². The first-order valence-corrected chi connectivity index (χ1v) is 6.71. The predicted molar refractivity (Wildman–Crippen MR) is 82.9 cm³/mol. The fourth-order valence-corrected chi connectivity index (χ4v) is 2.43. The van der Waals surface area contributed by atoms with Gasteiger partial charge in [0.25, 0.3) is 0 Å². The van der Waals surface area contributed by atoms with Crippen LogP contribution >= 0.6 is 0 Å². The minimum Gasteiger partial charge on any atom is -0.493 e. The van der Waals surface area contributed by atoms with E-state index in [0.29, 0.717) is 28.4 Å². The molecule has 2 aromatic rings. The summed E-state index contributed by atoms with van der Waals surface area (Å²) in [7, 11) is 4.55. The van der Waals surface area contributed by atoms with Crippen molar-refractivity contribution in [3.8, 4) is 28.4 Å². The molecule has 116 valence electrons. The third-order valence-electron chi connectivity index (χ3n) is 3.32. The van der Waals surface area contributed by atoms with Gasteiger partial charge in [-0.15, -0.1) is 0 Å². The number of rotatable bonds is 6. The molecule has 0 unspecified atom stereocenters. The summed E-state index contributed by atoms with van der Waals surface area (Å²) in [5, 5.41) is 9.18. The first-order valence-electron chi connectivity index (χ1n) is 6.71. The van der Waals surface area contributed by atoms with E-state index in [1.807, 2.05) is 30.3 Å². The van der Waals surface area contributed by atoms with Gasteiger partial charge in [-0.05, 0) is 17.2 Å². The molecule has 0 radical (unpaired) electrons. The quantitative estimate of drug-likeness (QED) is 0.888. The van der Waals surface area contributed by atoms with Crippen LogP contribution in [0.2, 0.25) is 0 Å². The molecule has 0 spiro atoms. The Labute approximate surface area is 129 Å². The number of hydrogen-bond acceptors (Lipinski definition) is 4. The lowest BCUT2D eigenvalue weighted by atomic mass is 9.95. The highest BCUT2D eigenvalue weighted by Crippen LogP contribution is 2.46.